The van der Waals surface area contributed by atoms with Crippen molar-refractivity contribution in [3.05, 3.63) is 63.2 Å². The van der Waals surface area contributed by atoms with Gasteiger partial charge in [0.15, 0.2) is 5.78 Å². The summed E-state index contributed by atoms with van der Waals surface area (Å²) in [5, 5.41) is 0.553. The van der Waals surface area contributed by atoms with Gasteiger partial charge in [0.25, 0.3) is 0 Å². The van der Waals surface area contributed by atoms with Gasteiger partial charge < -0.3 is 9.64 Å². The highest BCUT2D eigenvalue weighted by Crippen LogP contribution is 2.25. The summed E-state index contributed by atoms with van der Waals surface area (Å²) in [7, 11) is 0. The van der Waals surface area contributed by atoms with E-state index in [9.17, 15) is 14.0 Å². The number of hydrogen-bond donors (Lipinski definition) is 0. The summed E-state index contributed by atoms with van der Waals surface area (Å²) in [6.45, 7) is 13.8. The van der Waals surface area contributed by atoms with E-state index in [0.29, 0.717) is 31.2 Å². The van der Waals surface area contributed by atoms with E-state index in [1.54, 1.807) is 17.9 Å². The summed E-state index contributed by atoms with van der Waals surface area (Å²) in [5.41, 5.74) is 2.81. The van der Waals surface area contributed by atoms with E-state index in [-0.39, 0.29) is 35.6 Å². The Morgan fingerprint density at radius 3 is 2.47 bits per heavy atom. The van der Waals surface area contributed by atoms with E-state index in [0.717, 1.165) is 16.7 Å². The van der Waals surface area contributed by atoms with Crippen molar-refractivity contribution in [3.8, 4) is 0 Å². The maximum atomic E-state index is 13.9. The van der Waals surface area contributed by atoms with E-state index < -0.39 is 11.4 Å². The molecule has 0 radical (unpaired) electrons. The Hall–Kier alpha value is -2.51. The van der Waals surface area contributed by atoms with Crippen LogP contribution in [0.1, 0.15) is 60.4 Å². The quantitative estimate of drug-likeness (QED) is 0.529. The van der Waals surface area contributed by atoms with Crippen molar-refractivity contribution in [3.63, 3.8) is 0 Å². The maximum absolute atomic E-state index is 13.9. The van der Waals surface area contributed by atoms with Gasteiger partial charge in [-0.1, -0.05) is 11.6 Å². The van der Waals surface area contributed by atoms with Crippen LogP contribution in [-0.2, 0) is 17.7 Å². The number of ether oxygens (including phenoxy) is 1. The third-order valence-electron chi connectivity index (χ3n) is 6.02. The van der Waals surface area contributed by atoms with Crippen molar-refractivity contribution >= 4 is 23.5 Å². The zero-order valence-corrected chi connectivity index (χ0v) is 21.5. The lowest BCUT2D eigenvalue weighted by Crippen LogP contribution is -2.54. The molecule has 3 rings (SSSR count). The molecule has 0 aliphatic carbocycles. The molecule has 6 nitrogen and oxygen atoms in total. The molecule has 1 saturated heterocycles. The number of carbonyl (C=O) groups is 2. The van der Waals surface area contributed by atoms with Gasteiger partial charge in [-0.2, -0.15) is 0 Å². The lowest BCUT2D eigenvalue weighted by atomic mass is 9.96. The topological polar surface area (TPSA) is 62.7 Å². The largest absolute Gasteiger partial charge is 0.444 e. The second-order valence-electron chi connectivity index (χ2n) is 10.00. The number of rotatable bonds is 5. The van der Waals surface area contributed by atoms with E-state index in [1.807, 2.05) is 40.7 Å². The number of aryl methyl sites for hydroxylation is 1. The molecule has 8 heteroatoms. The minimum Gasteiger partial charge on any atom is -0.444 e. The number of ketones is 1. The summed E-state index contributed by atoms with van der Waals surface area (Å²) in [5.74, 6) is -0.698. The molecule has 2 aromatic rings. The molecule has 1 fully saturated rings. The van der Waals surface area contributed by atoms with E-state index in [2.05, 4.69) is 9.88 Å². The van der Waals surface area contributed by atoms with E-state index in [1.165, 1.54) is 12.3 Å². The van der Waals surface area contributed by atoms with Crippen LogP contribution in [0.4, 0.5) is 9.18 Å². The number of hydrogen-bond acceptors (Lipinski definition) is 5. The Bertz CT molecular complexity index is 1080. The number of pyridine rings is 1. The molecule has 0 spiro atoms. The van der Waals surface area contributed by atoms with Gasteiger partial charge in [0.05, 0.1) is 5.69 Å². The van der Waals surface area contributed by atoms with Gasteiger partial charge in [0, 0.05) is 55.4 Å². The SMILES string of the molecule is Cc1ncc(C(=O)Cc2cc(Cl)cc(CN3CCN(C(=O)OC(C)(C)C)[C@@H](C)C3)c2C)cc1F. The monoisotopic (exact) mass is 489 g/mol. The number of Topliss-reactive ketones (excluding diaryl/α,β-unsaturated/α-hetero) is 1. The molecule has 1 amide bonds. The zero-order chi connectivity index (χ0) is 25.2. The second kappa shape index (κ2) is 10.4. The highest BCUT2D eigenvalue weighted by molar-refractivity contribution is 6.30. The van der Waals surface area contributed by atoms with Crippen molar-refractivity contribution in [2.75, 3.05) is 19.6 Å². The highest BCUT2D eigenvalue weighted by atomic mass is 35.5. The fourth-order valence-corrected chi connectivity index (χ4v) is 4.35. The lowest BCUT2D eigenvalue weighted by molar-refractivity contribution is 0.000531. The predicted molar refractivity (Wildman–Crippen MR) is 131 cm³/mol. The summed E-state index contributed by atoms with van der Waals surface area (Å²) in [6.07, 6.45) is 1.24. The van der Waals surface area contributed by atoms with Crippen LogP contribution >= 0.6 is 11.6 Å². The van der Waals surface area contributed by atoms with Crippen LogP contribution in [-0.4, -0.2) is 57.9 Å². The Morgan fingerprint density at radius 2 is 1.85 bits per heavy atom. The van der Waals surface area contributed by atoms with Crippen LogP contribution in [0.3, 0.4) is 0 Å². The standard InChI is InChI=1S/C26H33ClFN3O3/c1-16-14-30(7-8-31(16)25(33)34-26(4,5)6)15-21-10-22(27)9-19(17(21)2)12-24(32)20-11-23(28)18(3)29-13-20/h9-11,13,16H,7-8,12,14-15H2,1-6H3/t16-/m0/s1. The third kappa shape index (κ3) is 6.54. The number of carbonyl (C=O) groups excluding carboxylic acids is 2. The van der Waals surface area contributed by atoms with Gasteiger partial charge in [-0.3, -0.25) is 14.7 Å². The van der Waals surface area contributed by atoms with E-state index >= 15 is 0 Å². The number of nitrogens with zero attached hydrogens (tertiary/aromatic N) is 3. The predicted octanol–water partition coefficient (Wildman–Crippen LogP) is 5.36. The number of aromatic nitrogens is 1. The molecule has 2 heterocycles. The van der Waals surface area contributed by atoms with Crippen LogP contribution in [0.5, 0.6) is 0 Å². The molecule has 0 bridgehead atoms. The summed E-state index contributed by atoms with van der Waals surface area (Å²) in [4.78, 5) is 33.3. The van der Waals surface area contributed by atoms with Gasteiger partial charge in [-0.15, -0.1) is 0 Å². The minimum absolute atomic E-state index is 0.00747. The van der Waals surface area contributed by atoms with Gasteiger partial charge in [0.2, 0.25) is 0 Å². The fourth-order valence-electron chi connectivity index (χ4n) is 4.09. The number of amides is 1. The molecular formula is C26H33ClFN3O3. The average molecular weight is 490 g/mol. The molecule has 0 saturated carbocycles. The number of piperazine rings is 1. The molecule has 1 aromatic carbocycles. The molecular weight excluding hydrogens is 457 g/mol. The fraction of sp³-hybridized carbons (Fsp3) is 0.500. The normalized spacial score (nSPS) is 17.1. The zero-order valence-electron chi connectivity index (χ0n) is 20.7. The first-order valence-electron chi connectivity index (χ1n) is 11.5. The molecule has 0 unspecified atom stereocenters. The Labute approximate surface area is 206 Å². The van der Waals surface area contributed by atoms with Gasteiger partial charge in [0.1, 0.15) is 11.4 Å². The Kier molecular flexibility index (Phi) is 7.98. The molecule has 1 aliphatic heterocycles. The maximum Gasteiger partial charge on any atom is 0.410 e. The number of benzene rings is 1. The summed E-state index contributed by atoms with van der Waals surface area (Å²) >= 11 is 6.40. The van der Waals surface area contributed by atoms with Gasteiger partial charge >= 0.3 is 6.09 Å². The molecule has 0 N–H and O–H groups in total. The van der Waals surface area contributed by atoms with Crippen molar-refractivity contribution in [1.29, 1.82) is 0 Å². The molecule has 1 aliphatic rings. The molecule has 34 heavy (non-hydrogen) atoms. The van der Waals surface area contributed by atoms with Crippen LogP contribution in [0.15, 0.2) is 24.4 Å². The molecule has 1 atom stereocenters. The van der Waals surface area contributed by atoms with Crippen molar-refractivity contribution in [2.24, 2.45) is 0 Å². The molecule has 1 aromatic heterocycles. The lowest BCUT2D eigenvalue weighted by Gasteiger charge is -2.40. The molecule has 184 valence electrons. The highest BCUT2D eigenvalue weighted by Gasteiger charge is 2.31. The summed E-state index contributed by atoms with van der Waals surface area (Å²) < 4.78 is 19.4. The Morgan fingerprint density at radius 1 is 1.18 bits per heavy atom. The Balaban J connectivity index is 1.70. The van der Waals surface area contributed by atoms with Gasteiger partial charge in [-0.05, 0) is 76.4 Å². The van der Waals surface area contributed by atoms with Crippen molar-refractivity contribution < 1.29 is 18.7 Å². The van der Waals surface area contributed by atoms with Crippen molar-refractivity contribution in [1.82, 2.24) is 14.8 Å². The first-order valence-corrected chi connectivity index (χ1v) is 11.9. The smallest absolute Gasteiger partial charge is 0.410 e. The first kappa shape index (κ1) is 26.1. The van der Waals surface area contributed by atoms with Crippen molar-refractivity contribution in [2.45, 2.75) is 66.2 Å². The second-order valence-corrected chi connectivity index (χ2v) is 10.4. The van der Waals surface area contributed by atoms with Crippen LogP contribution in [0, 0.1) is 19.7 Å². The average Bonchev–Trinajstić information content (AvgIpc) is 2.72. The minimum atomic E-state index is -0.528. The van der Waals surface area contributed by atoms with E-state index in [4.69, 9.17) is 16.3 Å². The number of halogens is 2. The van der Waals surface area contributed by atoms with Crippen LogP contribution in [0.25, 0.3) is 0 Å². The van der Waals surface area contributed by atoms with Crippen LogP contribution in [0.2, 0.25) is 5.02 Å². The van der Waals surface area contributed by atoms with Gasteiger partial charge in [-0.25, -0.2) is 9.18 Å². The third-order valence-corrected chi connectivity index (χ3v) is 6.24. The summed E-state index contributed by atoms with van der Waals surface area (Å²) in [6, 6.07) is 4.95. The first-order chi connectivity index (χ1) is 15.8. The van der Waals surface area contributed by atoms with Crippen LogP contribution < -0.4 is 0 Å².